The number of hydrogen-bond donors (Lipinski definition) is 3. The molecule has 0 fully saturated rings. The normalized spacial score (nSPS) is 10.4. The second-order valence-corrected chi connectivity index (χ2v) is 4.23. The smallest absolute Gasteiger partial charge is 0.134 e. The molecule has 3 N–H and O–H groups in total. The van der Waals surface area contributed by atoms with E-state index in [0.29, 0.717) is 0 Å². The van der Waals surface area contributed by atoms with Crippen LogP contribution in [0.15, 0.2) is 6.33 Å². The topological polar surface area (TPSA) is 70.1 Å². The van der Waals surface area contributed by atoms with Gasteiger partial charge in [0.2, 0.25) is 0 Å². The lowest BCUT2D eigenvalue weighted by atomic mass is 10.1. The van der Waals surface area contributed by atoms with Crippen LogP contribution in [0.25, 0.3) is 0 Å². The molecule has 0 saturated heterocycles. The molecule has 0 atom stereocenters. The third-order valence-electron chi connectivity index (χ3n) is 2.62. The number of rotatable bonds is 9. The first kappa shape index (κ1) is 14.7. The van der Waals surface area contributed by atoms with Gasteiger partial charge in [-0.3, -0.25) is 0 Å². The zero-order chi connectivity index (χ0) is 13.2. The van der Waals surface area contributed by atoms with Gasteiger partial charge in [0.05, 0.1) is 0 Å². The van der Waals surface area contributed by atoms with Gasteiger partial charge in [0.15, 0.2) is 0 Å². The Morgan fingerprint density at radius 3 is 2.28 bits per heavy atom. The molecule has 1 aromatic heterocycles. The van der Waals surface area contributed by atoms with E-state index in [2.05, 4.69) is 34.4 Å². The molecule has 0 saturated carbocycles. The number of nitrogens with zero attached hydrogens (tertiary/aromatic N) is 2. The van der Waals surface area contributed by atoms with Gasteiger partial charge in [-0.2, -0.15) is 0 Å². The summed E-state index contributed by atoms with van der Waals surface area (Å²) in [5.74, 6) is 1.82. The Balaban J connectivity index is 2.79. The van der Waals surface area contributed by atoms with Gasteiger partial charge in [0.25, 0.3) is 0 Å². The Hall–Kier alpha value is -1.36. The molecule has 0 aliphatic heterocycles. The molecule has 5 heteroatoms. The van der Waals surface area contributed by atoms with Crippen molar-refractivity contribution in [2.45, 2.75) is 39.5 Å². The van der Waals surface area contributed by atoms with Crippen molar-refractivity contribution in [3.05, 3.63) is 11.9 Å². The van der Waals surface area contributed by atoms with E-state index >= 15 is 0 Å². The molecule has 0 aromatic carbocycles. The van der Waals surface area contributed by atoms with Crippen molar-refractivity contribution < 1.29 is 5.11 Å². The predicted molar refractivity (Wildman–Crippen MR) is 75.0 cm³/mol. The van der Waals surface area contributed by atoms with E-state index in [1.807, 2.05) is 0 Å². The largest absolute Gasteiger partial charge is 0.396 e. The van der Waals surface area contributed by atoms with Crippen LogP contribution in [-0.2, 0) is 6.42 Å². The maximum atomic E-state index is 8.80. The summed E-state index contributed by atoms with van der Waals surface area (Å²) in [6.45, 7) is 6.13. The molecular weight excluding hydrogens is 228 g/mol. The fourth-order valence-electron chi connectivity index (χ4n) is 1.73. The van der Waals surface area contributed by atoms with Crippen LogP contribution in [0.1, 0.15) is 38.7 Å². The highest BCUT2D eigenvalue weighted by molar-refractivity contribution is 5.57. The van der Waals surface area contributed by atoms with Crippen molar-refractivity contribution in [3.8, 4) is 0 Å². The summed E-state index contributed by atoms with van der Waals surface area (Å²) in [7, 11) is 0. The van der Waals surface area contributed by atoms with Gasteiger partial charge in [0, 0.05) is 25.3 Å². The van der Waals surface area contributed by atoms with Crippen LogP contribution >= 0.6 is 0 Å². The van der Waals surface area contributed by atoms with E-state index < -0.39 is 0 Å². The number of nitrogens with one attached hydrogen (secondary N) is 2. The lowest BCUT2D eigenvalue weighted by molar-refractivity contribution is 0.292. The summed E-state index contributed by atoms with van der Waals surface area (Å²) in [6.07, 6.45) is 5.39. The number of anilines is 2. The van der Waals surface area contributed by atoms with E-state index in [1.165, 1.54) is 0 Å². The van der Waals surface area contributed by atoms with E-state index in [4.69, 9.17) is 5.11 Å². The first-order valence-corrected chi connectivity index (χ1v) is 6.75. The SMILES string of the molecule is CCCNc1ncnc(NCCCO)c1CCC. The Kier molecular flexibility index (Phi) is 7.10. The highest BCUT2D eigenvalue weighted by atomic mass is 16.3. The third kappa shape index (κ3) is 4.49. The molecule has 0 bridgehead atoms. The monoisotopic (exact) mass is 252 g/mol. The van der Waals surface area contributed by atoms with Gasteiger partial charge < -0.3 is 15.7 Å². The number of aliphatic hydroxyl groups excluding tert-OH is 1. The van der Waals surface area contributed by atoms with Crippen molar-refractivity contribution in [1.29, 1.82) is 0 Å². The third-order valence-corrected chi connectivity index (χ3v) is 2.62. The Labute approximate surface area is 109 Å². The summed E-state index contributed by atoms with van der Waals surface area (Å²) in [4.78, 5) is 8.61. The summed E-state index contributed by atoms with van der Waals surface area (Å²) >= 11 is 0. The molecule has 102 valence electrons. The second-order valence-electron chi connectivity index (χ2n) is 4.23. The van der Waals surface area contributed by atoms with Crippen LogP contribution in [0.4, 0.5) is 11.6 Å². The first-order chi connectivity index (χ1) is 8.83. The van der Waals surface area contributed by atoms with Crippen LogP contribution < -0.4 is 10.6 Å². The van der Waals surface area contributed by atoms with E-state index in [-0.39, 0.29) is 6.61 Å². The van der Waals surface area contributed by atoms with Crippen molar-refractivity contribution in [1.82, 2.24) is 9.97 Å². The Bertz CT molecular complexity index is 344. The molecule has 0 aliphatic carbocycles. The number of aliphatic hydroxyl groups is 1. The van der Waals surface area contributed by atoms with Gasteiger partial charge >= 0.3 is 0 Å². The van der Waals surface area contributed by atoms with Gasteiger partial charge in [-0.1, -0.05) is 20.3 Å². The number of hydrogen-bond acceptors (Lipinski definition) is 5. The van der Waals surface area contributed by atoms with Gasteiger partial charge in [-0.05, 0) is 19.3 Å². The molecule has 5 nitrogen and oxygen atoms in total. The van der Waals surface area contributed by atoms with Gasteiger partial charge in [0.1, 0.15) is 18.0 Å². The lowest BCUT2D eigenvalue weighted by Crippen LogP contribution is -2.12. The Morgan fingerprint density at radius 2 is 1.72 bits per heavy atom. The quantitative estimate of drug-likeness (QED) is 0.587. The Morgan fingerprint density at radius 1 is 1.06 bits per heavy atom. The first-order valence-electron chi connectivity index (χ1n) is 6.75. The van der Waals surface area contributed by atoms with Crippen LogP contribution in [0.3, 0.4) is 0 Å². The molecule has 1 aromatic rings. The molecule has 0 aliphatic rings. The van der Waals surface area contributed by atoms with Crippen molar-refractivity contribution in [2.75, 3.05) is 30.3 Å². The van der Waals surface area contributed by atoms with E-state index in [9.17, 15) is 0 Å². The minimum Gasteiger partial charge on any atom is -0.396 e. The fraction of sp³-hybridized carbons (Fsp3) is 0.692. The highest BCUT2D eigenvalue weighted by Crippen LogP contribution is 2.21. The second kappa shape index (κ2) is 8.69. The zero-order valence-electron chi connectivity index (χ0n) is 11.4. The maximum absolute atomic E-state index is 8.80. The summed E-state index contributed by atoms with van der Waals surface area (Å²) in [6, 6.07) is 0. The van der Waals surface area contributed by atoms with Crippen LogP contribution in [-0.4, -0.2) is 34.8 Å². The van der Waals surface area contributed by atoms with Crippen molar-refractivity contribution >= 4 is 11.6 Å². The van der Waals surface area contributed by atoms with Gasteiger partial charge in [-0.15, -0.1) is 0 Å². The fourth-order valence-corrected chi connectivity index (χ4v) is 1.73. The summed E-state index contributed by atoms with van der Waals surface area (Å²) < 4.78 is 0. The molecule has 0 spiro atoms. The average Bonchev–Trinajstić information content (AvgIpc) is 2.39. The minimum absolute atomic E-state index is 0.197. The zero-order valence-corrected chi connectivity index (χ0v) is 11.4. The number of aromatic nitrogens is 2. The standard InChI is InChI=1S/C13H24N4O/c1-3-6-11-12(14-7-4-2)16-10-17-13(11)15-8-5-9-18/h10,18H,3-9H2,1-2H3,(H2,14,15,16,17). The molecule has 1 rings (SSSR count). The molecule has 0 amide bonds. The van der Waals surface area contributed by atoms with Crippen LogP contribution in [0.5, 0.6) is 0 Å². The molecule has 0 unspecified atom stereocenters. The summed E-state index contributed by atoms with van der Waals surface area (Å²) in [5.41, 5.74) is 1.14. The minimum atomic E-state index is 0.197. The van der Waals surface area contributed by atoms with Crippen LogP contribution in [0.2, 0.25) is 0 Å². The summed E-state index contributed by atoms with van der Waals surface area (Å²) in [5, 5.41) is 15.4. The maximum Gasteiger partial charge on any atom is 0.134 e. The molecule has 1 heterocycles. The van der Waals surface area contributed by atoms with Gasteiger partial charge in [-0.25, -0.2) is 9.97 Å². The van der Waals surface area contributed by atoms with Crippen molar-refractivity contribution in [2.24, 2.45) is 0 Å². The average molecular weight is 252 g/mol. The molecule has 18 heavy (non-hydrogen) atoms. The highest BCUT2D eigenvalue weighted by Gasteiger charge is 2.09. The van der Waals surface area contributed by atoms with Crippen LogP contribution in [0, 0.1) is 0 Å². The predicted octanol–water partition coefficient (Wildman–Crippen LogP) is 2.05. The lowest BCUT2D eigenvalue weighted by Gasteiger charge is -2.14. The van der Waals surface area contributed by atoms with E-state index in [0.717, 1.165) is 56.0 Å². The van der Waals surface area contributed by atoms with Crippen molar-refractivity contribution in [3.63, 3.8) is 0 Å². The molecule has 0 radical (unpaired) electrons. The van der Waals surface area contributed by atoms with E-state index in [1.54, 1.807) is 6.33 Å². The molecular formula is C13H24N4O.